The zero-order valence-corrected chi connectivity index (χ0v) is 16.7. The van der Waals surface area contributed by atoms with Crippen LogP contribution in [0.2, 0.25) is 0 Å². The Morgan fingerprint density at radius 1 is 1.14 bits per heavy atom. The van der Waals surface area contributed by atoms with Crippen LogP contribution in [0.25, 0.3) is 20.5 Å². The minimum absolute atomic E-state index is 0.0754. The van der Waals surface area contributed by atoms with Gasteiger partial charge in [0.25, 0.3) is 0 Å². The highest BCUT2D eigenvalue weighted by molar-refractivity contribution is 7.22. The van der Waals surface area contributed by atoms with Gasteiger partial charge in [0.05, 0.1) is 37.4 Å². The zero-order chi connectivity index (χ0) is 19.3. The van der Waals surface area contributed by atoms with E-state index in [9.17, 15) is 0 Å². The minimum Gasteiger partial charge on any atom is -0.497 e. The molecule has 0 atom stereocenters. The van der Waals surface area contributed by atoms with Gasteiger partial charge in [-0.25, -0.2) is 0 Å². The van der Waals surface area contributed by atoms with Gasteiger partial charge in [-0.15, -0.1) is 11.3 Å². The summed E-state index contributed by atoms with van der Waals surface area (Å²) >= 11 is 1.75. The van der Waals surface area contributed by atoms with Crippen LogP contribution in [0.15, 0.2) is 42.5 Å². The molecule has 144 valence electrons. The summed E-state index contributed by atoms with van der Waals surface area (Å²) < 4.78 is 12.0. The highest BCUT2D eigenvalue weighted by Gasteiger charge is 2.16. The highest BCUT2D eigenvalue weighted by Crippen LogP contribution is 2.40. The van der Waals surface area contributed by atoms with Crippen molar-refractivity contribution in [1.29, 1.82) is 0 Å². The Bertz CT molecular complexity index is 1010. The Balaban J connectivity index is 1.81. The van der Waals surface area contributed by atoms with E-state index in [-0.39, 0.29) is 6.61 Å². The average Bonchev–Trinajstić information content (AvgIpc) is 3.12. The summed E-state index contributed by atoms with van der Waals surface area (Å²) in [6, 6.07) is 14.7. The molecule has 0 aliphatic carbocycles. The lowest BCUT2D eigenvalue weighted by molar-refractivity contribution is 0.122. The van der Waals surface area contributed by atoms with E-state index in [1.807, 2.05) is 12.1 Å². The van der Waals surface area contributed by atoms with E-state index in [2.05, 4.69) is 47.1 Å². The molecule has 3 aromatic rings. The quantitative estimate of drug-likeness (QED) is 0.677. The van der Waals surface area contributed by atoms with Gasteiger partial charge in [0.1, 0.15) is 5.75 Å². The first-order valence-corrected chi connectivity index (χ1v) is 10.2. The molecule has 0 bridgehead atoms. The Kier molecular flexibility index (Phi) is 5.82. The molecule has 1 fully saturated rings. The van der Waals surface area contributed by atoms with E-state index in [1.165, 1.54) is 15.8 Å². The second kappa shape index (κ2) is 8.66. The van der Waals surface area contributed by atoms with Gasteiger partial charge in [-0.3, -0.25) is 0 Å². The van der Waals surface area contributed by atoms with Crippen molar-refractivity contribution in [3.05, 3.63) is 48.0 Å². The van der Waals surface area contributed by atoms with Crippen molar-refractivity contribution < 1.29 is 14.6 Å². The second-order valence-corrected chi connectivity index (χ2v) is 7.64. The zero-order valence-electron chi connectivity index (χ0n) is 15.9. The first-order chi connectivity index (χ1) is 13.8. The third-order valence-corrected chi connectivity index (χ3v) is 6.07. The molecule has 0 saturated carbocycles. The van der Waals surface area contributed by atoms with Crippen molar-refractivity contribution >= 4 is 27.1 Å². The van der Waals surface area contributed by atoms with Crippen molar-refractivity contribution in [2.24, 2.45) is 0 Å². The number of benzene rings is 2. The number of nitrogens with zero attached hydrogens (tertiary/aromatic N) is 1. The molecular weight excluding hydrogens is 370 g/mol. The van der Waals surface area contributed by atoms with Gasteiger partial charge in [-0.2, -0.15) is 0 Å². The summed E-state index contributed by atoms with van der Waals surface area (Å²) in [5.74, 6) is 7.27. The molecule has 1 saturated heterocycles. The molecule has 1 N–H and O–H groups in total. The van der Waals surface area contributed by atoms with Crippen molar-refractivity contribution in [3.8, 4) is 28.0 Å². The fourth-order valence-corrected chi connectivity index (χ4v) is 4.52. The lowest BCUT2D eigenvalue weighted by Crippen LogP contribution is -2.36. The molecule has 1 aromatic heterocycles. The van der Waals surface area contributed by atoms with Crippen LogP contribution in [0.4, 0.5) is 5.69 Å². The Labute approximate surface area is 169 Å². The maximum atomic E-state index is 9.13. The number of fused-ring (bicyclic) bond motifs is 1. The van der Waals surface area contributed by atoms with Crippen molar-refractivity contribution in [2.75, 3.05) is 44.9 Å². The number of rotatable bonds is 4. The molecule has 5 heteroatoms. The van der Waals surface area contributed by atoms with Gasteiger partial charge in [0, 0.05) is 35.3 Å². The average molecular weight is 394 g/mol. The first-order valence-electron chi connectivity index (χ1n) is 9.43. The van der Waals surface area contributed by atoms with Crippen LogP contribution in [0, 0.1) is 11.8 Å². The maximum absolute atomic E-state index is 9.13. The van der Waals surface area contributed by atoms with E-state index >= 15 is 0 Å². The molecule has 2 aromatic carbocycles. The Morgan fingerprint density at radius 2 is 1.93 bits per heavy atom. The lowest BCUT2D eigenvalue weighted by Gasteiger charge is -2.28. The van der Waals surface area contributed by atoms with Crippen LogP contribution in [0.1, 0.15) is 12.0 Å². The number of morpholine rings is 1. The number of hydrogen-bond donors (Lipinski definition) is 1. The van der Waals surface area contributed by atoms with E-state index in [1.54, 1.807) is 18.4 Å². The predicted molar refractivity (Wildman–Crippen MR) is 115 cm³/mol. The van der Waals surface area contributed by atoms with Gasteiger partial charge in [-0.1, -0.05) is 11.8 Å². The van der Waals surface area contributed by atoms with Crippen LogP contribution in [-0.2, 0) is 4.74 Å². The smallest absolute Gasteiger partial charge is 0.118 e. The maximum Gasteiger partial charge on any atom is 0.118 e. The summed E-state index contributed by atoms with van der Waals surface area (Å²) in [7, 11) is 1.67. The molecule has 0 radical (unpaired) electrons. The molecule has 0 spiro atoms. The number of anilines is 1. The number of ether oxygens (including phenoxy) is 2. The number of methoxy groups -OCH3 is 1. The molecule has 0 amide bonds. The first kappa shape index (κ1) is 18.8. The molecule has 28 heavy (non-hydrogen) atoms. The highest BCUT2D eigenvalue weighted by atomic mass is 32.1. The van der Waals surface area contributed by atoms with Crippen LogP contribution < -0.4 is 9.64 Å². The predicted octanol–water partition coefficient (Wildman–Crippen LogP) is 4.15. The molecule has 2 heterocycles. The van der Waals surface area contributed by atoms with E-state index in [4.69, 9.17) is 14.6 Å². The summed E-state index contributed by atoms with van der Waals surface area (Å²) in [4.78, 5) is 3.51. The third kappa shape index (κ3) is 3.85. The fraction of sp³-hybridized carbons (Fsp3) is 0.304. The standard InChI is InChI=1S/C23H23NO3S/c1-26-19-8-5-17(6-9-19)23-20(4-2-3-13-25)21-16-18(7-10-22(21)28-23)24-11-14-27-15-12-24/h5-10,16,25H,3,11-15H2,1H3. The summed E-state index contributed by atoms with van der Waals surface area (Å²) in [5, 5.41) is 10.3. The lowest BCUT2D eigenvalue weighted by atomic mass is 10.0. The van der Waals surface area contributed by atoms with Crippen molar-refractivity contribution in [1.82, 2.24) is 0 Å². The van der Waals surface area contributed by atoms with Crippen LogP contribution in [0.3, 0.4) is 0 Å². The van der Waals surface area contributed by atoms with E-state index in [0.29, 0.717) is 6.42 Å². The molecule has 1 aliphatic rings. The summed E-state index contributed by atoms with van der Waals surface area (Å²) in [6.45, 7) is 3.43. The van der Waals surface area contributed by atoms with Gasteiger partial charge >= 0.3 is 0 Å². The normalized spacial score (nSPS) is 14.0. The number of hydrogen-bond acceptors (Lipinski definition) is 5. The molecular formula is C23H23NO3S. The van der Waals surface area contributed by atoms with Crippen molar-refractivity contribution in [3.63, 3.8) is 0 Å². The second-order valence-electron chi connectivity index (χ2n) is 6.59. The summed E-state index contributed by atoms with van der Waals surface area (Å²) in [5.41, 5.74) is 3.37. The fourth-order valence-electron chi connectivity index (χ4n) is 3.38. The number of aliphatic hydroxyl groups excluding tert-OH is 1. The van der Waals surface area contributed by atoms with Gasteiger partial charge in [-0.05, 0) is 48.0 Å². The van der Waals surface area contributed by atoms with Crippen molar-refractivity contribution in [2.45, 2.75) is 6.42 Å². The summed E-state index contributed by atoms with van der Waals surface area (Å²) in [6.07, 6.45) is 0.475. The third-order valence-electron chi connectivity index (χ3n) is 4.85. The number of aliphatic hydroxyl groups is 1. The Morgan fingerprint density at radius 3 is 2.64 bits per heavy atom. The largest absolute Gasteiger partial charge is 0.497 e. The van der Waals surface area contributed by atoms with Crippen LogP contribution in [0.5, 0.6) is 5.75 Å². The topological polar surface area (TPSA) is 41.9 Å². The van der Waals surface area contributed by atoms with E-state index in [0.717, 1.165) is 48.1 Å². The van der Waals surface area contributed by atoms with Crippen LogP contribution in [-0.4, -0.2) is 45.1 Å². The van der Waals surface area contributed by atoms with Gasteiger partial charge < -0.3 is 19.5 Å². The Hall–Kier alpha value is -2.52. The number of thiophene rings is 1. The van der Waals surface area contributed by atoms with Crippen LogP contribution >= 0.6 is 11.3 Å². The molecule has 4 rings (SSSR count). The molecule has 0 unspecified atom stereocenters. The minimum atomic E-state index is 0.0754. The SMILES string of the molecule is COc1ccc(-c2sc3ccc(N4CCOCC4)cc3c2C#CCCO)cc1. The van der Waals surface area contributed by atoms with Gasteiger partial charge in [0.15, 0.2) is 0 Å². The van der Waals surface area contributed by atoms with E-state index < -0.39 is 0 Å². The molecule has 4 nitrogen and oxygen atoms in total. The van der Waals surface area contributed by atoms with Gasteiger partial charge in [0.2, 0.25) is 0 Å². The monoisotopic (exact) mass is 393 g/mol. The molecule has 1 aliphatic heterocycles.